The van der Waals surface area contributed by atoms with Gasteiger partial charge in [0.2, 0.25) is 6.41 Å². The number of nitrogens with zero attached hydrogens (tertiary/aromatic N) is 1. The normalized spacial score (nSPS) is 22.5. The zero-order chi connectivity index (χ0) is 9.68. The molecule has 0 aromatic heterocycles. The van der Waals surface area contributed by atoms with Crippen molar-refractivity contribution in [2.75, 3.05) is 13.2 Å². The van der Waals surface area contributed by atoms with Gasteiger partial charge in [-0.15, -0.1) is 0 Å². The first-order chi connectivity index (χ1) is 6.29. The zero-order valence-electron chi connectivity index (χ0n) is 7.86. The summed E-state index contributed by atoms with van der Waals surface area (Å²) in [6.07, 6.45) is 3.45. The maximum absolute atomic E-state index is 11.3. The minimum absolute atomic E-state index is 0.269. The van der Waals surface area contributed by atoms with Crippen molar-refractivity contribution in [3.8, 4) is 0 Å². The van der Waals surface area contributed by atoms with Crippen LogP contribution in [-0.2, 0) is 14.3 Å². The van der Waals surface area contributed by atoms with Gasteiger partial charge in [-0.25, -0.2) is 4.79 Å². The van der Waals surface area contributed by atoms with Crippen LogP contribution in [0.5, 0.6) is 0 Å². The van der Waals surface area contributed by atoms with E-state index in [0.717, 1.165) is 25.7 Å². The second-order valence-electron chi connectivity index (χ2n) is 3.11. The van der Waals surface area contributed by atoms with E-state index in [9.17, 15) is 9.59 Å². The molecule has 0 bridgehead atoms. The largest absolute Gasteiger partial charge is 0.464 e. The predicted octanol–water partition coefficient (Wildman–Crippen LogP) is 0.560. The van der Waals surface area contributed by atoms with Crippen molar-refractivity contribution < 1.29 is 14.3 Å². The number of likely N-dealkylation sites (tertiary alicyclic amines) is 1. The van der Waals surface area contributed by atoms with Crippen molar-refractivity contribution in [2.24, 2.45) is 0 Å². The molecule has 1 amide bonds. The fourth-order valence-electron chi connectivity index (χ4n) is 1.57. The van der Waals surface area contributed by atoms with E-state index in [1.54, 1.807) is 6.92 Å². The molecule has 0 radical (unpaired) electrons. The molecule has 0 aliphatic carbocycles. The molecular weight excluding hydrogens is 170 g/mol. The van der Waals surface area contributed by atoms with Crippen molar-refractivity contribution in [3.05, 3.63) is 0 Å². The summed E-state index contributed by atoms with van der Waals surface area (Å²) in [7, 11) is 0. The Kier molecular flexibility index (Phi) is 3.73. The van der Waals surface area contributed by atoms with E-state index in [4.69, 9.17) is 4.74 Å². The fourth-order valence-corrected chi connectivity index (χ4v) is 1.57. The summed E-state index contributed by atoms with van der Waals surface area (Å²) >= 11 is 0. The summed E-state index contributed by atoms with van der Waals surface area (Å²) in [5.74, 6) is -0.269. The molecule has 1 atom stereocenters. The fraction of sp³-hybridized carbons (Fsp3) is 0.778. The predicted molar refractivity (Wildman–Crippen MR) is 47.0 cm³/mol. The van der Waals surface area contributed by atoms with Gasteiger partial charge in [-0.2, -0.15) is 0 Å². The van der Waals surface area contributed by atoms with E-state index in [2.05, 4.69) is 0 Å². The Balaban J connectivity index is 2.53. The molecule has 0 N–H and O–H groups in total. The standard InChI is InChI=1S/C9H15NO3/c1-2-13-9(12)8-5-3-4-6-10(8)7-11/h7-8H,2-6H2,1H3. The van der Waals surface area contributed by atoms with Gasteiger partial charge < -0.3 is 9.64 Å². The van der Waals surface area contributed by atoms with Crippen LogP contribution in [0.4, 0.5) is 0 Å². The van der Waals surface area contributed by atoms with Crippen molar-refractivity contribution in [1.82, 2.24) is 4.90 Å². The molecule has 0 aromatic rings. The van der Waals surface area contributed by atoms with E-state index in [-0.39, 0.29) is 12.0 Å². The Morgan fingerprint density at radius 2 is 2.38 bits per heavy atom. The number of rotatable bonds is 3. The van der Waals surface area contributed by atoms with Crippen LogP contribution in [0.25, 0.3) is 0 Å². The van der Waals surface area contributed by atoms with Gasteiger partial charge in [-0.1, -0.05) is 0 Å². The number of hydrogen-bond donors (Lipinski definition) is 0. The topological polar surface area (TPSA) is 46.6 Å². The summed E-state index contributed by atoms with van der Waals surface area (Å²) < 4.78 is 4.87. The number of piperidine rings is 1. The Morgan fingerprint density at radius 3 is 3.00 bits per heavy atom. The second-order valence-corrected chi connectivity index (χ2v) is 3.11. The third kappa shape index (κ3) is 2.44. The number of ether oxygens (including phenoxy) is 1. The lowest BCUT2D eigenvalue weighted by Crippen LogP contribution is -2.44. The van der Waals surface area contributed by atoms with Crippen LogP contribution in [0.2, 0.25) is 0 Å². The molecule has 0 spiro atoms. The number of esters is 1. The van der Waals surface area contributed by atoms with E-state index >= 15 is 0 Å². The smallest absolute Gasteiger partial charge is 0.328 e. The van der Waals surface area contributed by atoms with Gasteiger partial charge in [0, 0.05) is 6.54 Å². The van der Waals surface area contributed by atoms with Gasteiger partial charge in [0.05, 0.1) is 6.61 Å². The maximum atomic E-state index is 11.3. The lowest BCUT2D eigenvalue weighted by Gasteiger charge is -2.30. The molecule has 0 saturated carbocycles. The molecule has 74 valence electrons. The number of carbonyl (C=O) groups excluding carboxylic acids is 2. The molecule has 4 nitrogen and oxygen atoms in total. The van der Waals surface area contributed by atoms with Gasteiger partial charge in [0.25, 0.3) is 0 Å². The Hall–Kier alpha value is -1.06. The third-order valence-corrected chi connectivity index (χ3v) is 2.24. The van der Waals surface area contributed by atoms with Crippen LogP contribution in [0, 0.1) is 0 Å². The highest BCUT2D eigenvalue weighted by atomic mass is 16.5. The highest BCUT2D eigenvalue weighted by molar-refractivity contribution is 5.78. The van der Waals surface area contributed by atoms with E-state index < -0.39 is 0 Å². The van der Waals surface area contributed by atoms with E-state index in [0.29, 0.717) is 13.2 Å². The van der Waals surface area contributed by atoms with Crippen LogP contribution in [-0.4, -0.2) is 36.5 Å². The minimum Gasteiger partial charge on any atom is -0.464 e. The third-order valence-electron chi connectivity index (χ3n) is 2.24. The Bertz CT molecular complexity index is 193. The molecule has 1 aliphatic rings. The van der Waals surface area contributed by atoms with Crippen molar-refractivity contribution in [2.45, 2.75) is 32.2 Å². The SMILES string of the molecule is CCOC(=O)C1CCCCN1C=O. The quantitative estimate of drug-likeness (QED) is 0.477. The Morgan fingerprint density at radius 1 is 1.62 bits per heavy atom. The summed E-state index contributed by atoms with van der Waals surface area (Å²) in [5.41, 5.74) is 0. The first-order valence-electron chi connectivity index (χ1n) is 4.67. The van der Waals surface area contributed by atoms with Crippen LogP contribution < -0.4 is 0 Å². The molecular formula is C9H15NO3. The first kappa shape index (κ1) is 10.0. The van der Waals surface area contributed by atoms with Crippen LogP contribution in [0.3, 0.4) is 0 Å². The maximum Gasteiger partial charge on any atom is 0.328 e. The van der Waals surface area contributed by atoms with E-state index in [1.165, 1.54) is 4.90 Å². The van der Waals surface area contributed by atoms with Gasteiger partial charge >= 0.3 is 5.97 Å². The number of carbonyl (C=O) groups is 2. The van der Waals surface area contributed by atoms with Gasteiger partial charge in [-0.3, -0.25) is 4.79 Å². The zero-order valence-corrected chi connectivity index (χ0v) is 7.86. The van der Waals surface area contributed by atoms with Crippen molar-refractivity contribution in [1.29, 1.82) is 0 Å². The number of amides is 1. The highest BCUT2D eigenvalue weighted by Gasteiger charge is 2.28. The molecule has 1 heterocycles. The van der Waals surface area contributed by atoms with Crippen molar-refractivity contribution in [3.63, 3.8) is 0 Å². The van der Waals surface area contributed by atoms with Crippen LogP contribution >= 0.6 is 0 Å². The van der Waals surface area contributed by atoms with Gasteiger partial charge in [0.1, 0.15) is 6.04 Å². The van der Waals surface area contributed by atoms with E-state index in [1.807, 2.05) is 0 Å². The second kappa shape index (κ2) is 4.84. The van der Waals surface area contributed by atoms with Gasteiger partial charge in [0.15, 0.2) is 0 Å². The molecule has 1 fully saturated rings. The van der Waals surface area contributed by atoms with Crippen LogP contribution in [0.1, 0.15) is 26.2 Å². The highest BCUT2D eigenvalue weighted by Crippen LogP contribution is 2.16. The van der Waals surface area contributed by atoms with Crippen LogP contribution in [0.15, 0.2) is 0 Å². The molecule has 1 unspecified atom stereocenters. The first-order valence-corrected chi connectivity index (χ1v) is 4.67. The molecule has 0 aromatic carbocycles. The average molecular weight is 185 g/mol. The summed E-state index contributed by atoms with van der Waals surface area (Å²) in [6, 6.07) is -0.341. The number of hydrogen-bond acceptors (Lipinski definition) is 3. The molecule has 1 saturated heterocycles. The lowest BCUT2D eigenvalue weighted by molar-refractivity contribution is -0.153. The summed E-state index contributed by atoms with van der Waals surface area (Å²) in [6.45, 7) is 2.82. The van der Waals surface area contributed by atoms with Gasteiger partial charge in [-0.05, 0) is 26.2 Å². The lowest BCUT2D eigenvalue weighted by atomic mass is 10.0. The average Bonchev–Trinajstić information content (AvgIpc) is 2.18. The minimum atomic E-state index is -0.341. The summed E-state index contributed by atoms with van der Waals surface area (Å²) in [5, 5.41) is 0. The monoisotopic (exact) mass is 185 g/mol. The van der Waals surface area contributed by atoms with Crippen molar-refractivity contribution >= 4 is 12.4 Å². The molecule has 1 rings (SSSR count). The Labute approximate surface area is 77.8 Å². The molecule has 1 aliphatic heterocycles. The molecule has 13 heavy (non-hydrogen) atoms. The summed E-state index contributed by atoms with van der Waals surface area (Å²) in [4.78, 5) is 23.5. The molecule has 4 heteroatoms.